The molecule has 7 heteroatoms. The summed E-state index contributed by atoms with van der Waals surface area (Å²) in [4.78, 5) is 15.5. The van der Waals surface area contributed by atoms with Crippen molar-refractivity contribution in [2.45, 2.75) is 25.2 Å². The van der Waals surface area contributed by atoms with Gasteiger partial charge in [-0.25, -0.2) is 0 Å². The summed E-state index contributed by atoms with van der Waals surface area (Å²) in [6.07, 6.45) is 3.08. The minimum Gasteiger partial charge on any atom is -0.409 e. The lowest BCUT2D eigenvalue weighted by Gasteiger charge is -2.12. The Bertz CT molecular complexity index is 504. The predicted molar refractivity (Wildman–Crippen MR) is 66.5 cm³/mol. The Morgan fingerprint density at radius 2 is 2.50 bits per heavy atom. The van der Waals surface area contributed by atoms with E-state index in [-0.39, 0.29) is 24.1 Å². The quantitative estimate of drug-likeness (QED) is 0.226. The molecule has 1 heterocycles. The number of aromatic nitrogens is 1. The molecular weight excluding hydrogens is 231 g/mol. The number of pyridine rings is 1. The number of rotatable bonds is 3. The zero-order chi connectivity index (χ0) is 13.1. The normalized spacial score (nSPS) is 18.4. The molecule has 0 spiro atoms. The molecule has 1 atom stereocenters. The molecule has 1 aromatic heterocycles. The minimum atomic E-state index is -0.199. The van der Waals surface area contributed by atoms with Crippen LogP contribution in [0.4, 0.5) is 0 Å². The van der Waals surface area contributed by atoms with Crippen LogP contribution in [-0.2, 0) is 11.2 Å². The van der Waals surface area contributed by atoms with Gasteiger partial charge in [0.25, 0.3) is 0 Å². The number of amidine groups is 1. The predicted octanol–water partition coefficient (Wildman–Crippen LogP) is -0.134. The van der Waals surface area contributed by atoms with E-state index in [9.17, 15) is 4.79 Å². The summed E-state index contributed by atoms with van der Waals surface area (Å²) in [6, 6.07) is 1.73. The molecule has 6 nitrogen and oxygen atoms in total. The SMILES string of the molecule is [B]CC(=O)NC1CCc2cc(/C(N)=N/O)cnc21. The topological polar surface area (TPSA) is 101 Å². The van der Waals surface area contributed by atoms with Gasteiger partial charge in [-0.1, -0.05) is 5.16 Å². The highest BCUT2D eigenvalue weighted by Gasteiger charge is 2.25. The molecule has 2 rings (SSSR count). The van der Waals surface area contributed by atoms with Gasteiger partial charge in [0, 0.05) is 11.8 Å². The molecule has 2 radical (unpaired) electrons. The van der Waals surface area contributed by atoms with Crippen LogP contribution >= 0.6 is 0 Å². The van der Waals surface area contributed by atoms with Crippen molar-refractivity contribution in [2.75, 3.05) is 0 Å². The van der Waals surface area contributed by atoms with E-state index in [4.69, 9.17) is 18.8 Å². The van der Waals surface area contributed by atoms with E-state index in [0.29, 0.717) is 5.56 Å². The molecule has 0 fully saturated rings. The Balaban J connectivity index is 2.22. The van der Waals surface area contributed by atoms with E-state index < -0.39 is 0 Å². The third-order valence-electron chi connectivity index (χ3n) is 2.96. The first-order valence-electron chi connectivity index (χ1n) is 5.62. The molecule has 92 valence electrons. The first-order chi connectivity index (χ1) is 8.65. The molecule has 4 N–H and O–H groups in total. The number of oxime groups is 1. The second-order valence-corrected chi connectivity index (χ2v) is 4.12. The van der Waals surface area contributed by atoms with Gasteiger partial charge in [-0.2, -0.15) is 0 Å². The monoisotopic (exact) mass is 244 g/mol. The summed E-state index contributed by atoms with van der Waals surface area (Å²) in [5.74, 6) is -0.171. The first-order valence-corrected chi connectivity index (χ1v) is 5.62. The zero-order valence-corrected chi connectivity index (χ0v) is 9.76. The number of nitrogens with zero attached hydrogens (tertiary/aromatic N) is 2. The Morgan fingerprint density at radius 1 is 1.72 bits per heavy atom. The number of carbonyl (C=O) groups is 1. The number of hydrogen-bond acceptors (Lipinski definition) is 4. The van der Waals surface area contributed by atoms with Crippen LogP contribution in [0, 0.1) is 0 Å². The van der Waals surface area contributed by atoms with E-state index >= 15 is 0 Å². The molecule has 1 aliphatic rings. The highest BCUT2D eigenvalue weighted by Crippen LogP contribution is 2.29. The van der Waals surface area contributed by atoms with E-state index in [1.165, 1.54) is 6.20 Å². The number of amides is 1. The fraction of sp³-hybridized carbons (Fsp3) is 0.364. The van der Waals surface area contributed by atoms with Crippen molar-refractivity contribution < 1.29 is 10.0 Å². The lowest BCUT2D eigenvalue weighted by molar-refractivity contribution is -0.119. The number of carbonyl (C=O) groups excluding carboxylic acids is 1. The summed E-state index contributed by atoms with van der Waals surface area (Å²) in [6.45, 7) is 0. The smallest absolute Gasteiger partial charge is 0.211 e. The number of fused-ring (bicyclic) bond motifs is 1. The molecule has 0 saturated carbocycles. The molecule has 1 unspecified atom stereocenters. The van der Waals surface area contributed by atoms with Crippen molar-refractivity contribution >= 4 is 19.6 Å². The highest BCUT2D eigenvalue weighted by molar-refractivity contribution is 6.19. The van der Waals surface area contributed by atoms with Crippen molar-refractivity contribution in [1.82, 2.24) is 10.3 Å². The van der Waals surface area contributed by atoms with Crippen molar-refractivity contribution in [3.63, 3.8) is 0 Å². The molecular formula is C11H13BN4O2. The summed E-state index contributed by atoms with van der Waals surface area (Å²) in [5.41, 5.74) is 7.90. The maximum atomic E-state index is 11.3. The number of aryl methyl sites for hydroxylation is 1. The molecule has 0 aromatic carbocycles. The van der Waals surface area contributed by atoms with Gasteiger partial charge in [0.2, 0.25) is 5.91 Å². The van der Waals surface area contributed by atoms with Gasteiger partial charge in [-0.05, 0) is 30.8 Å². The summed E-state index contributed by atoms with van der Waals surface area (Å²) >= 11 is 0. The highest BCUT2D eigenvalue weighted by atomic mass is 16.4. The maximum Gasteiger partial charge on any atom is 0.211 e. The average Bonchev–Trinajstić information content (AvgIpc) is 2.80. The van der Waals surface area contributed by atoms with Crippen LogP contribution < -0.4 is 11.1 Å². The molecule has 1 amide bonds. The lowest BCUT2D eigenvalue weighted by atomic mass is 10.0. The van der Waals surface area contributed by atoms with Crippen LogP contribution in [0.3, 0.4) is 0 Å². The minimum absolute atomic E-state index is 0.0275. The van der Waals surface area contributed by atoms with Gasteiger partial charge in [0.05, 0.1) is 19.6 Å². The summed E-state index contributed by atoms with van der Waals surface area (Å²) < 4.78 is 0. The molecule has 1 aliphatic carbocycles. The lowest BCUT2D eigenvalue weighted by Crippen LogP contribution is -2.27. The van der Waals surface area contributed by atoms with Crippen LogP contribution in [0.5, 0.6) is 0 Å². The Morgan fingerprint density at radius 3 is 3.17 bits per heavy atom. The van der Waals surface area contributed by atoms with E-state index in [1.54, 1.807) is 0 Å². The van der Waals surface area contributed by atoms with Crippen LogP contribution in [0.1, 0.15) is 29.3 Å². The van der Waals surface area contributed by atoms with Gasteiger partial charge >= 0.3 is 0 Å². The third-order valence-corrected chi connectivity index (χ3v) is 2.96. The van der Waals surface area contributed by atoms with Crippen LogP contribution in [0.15, 0.2) is 17.4 Å². The molecule has 1 aromatic rings. The van der Waals surface area contributed by atoms with Crippen molar-refractivity contribution in [1.29, 1.82) is 0 Å². The second kappa shape index (κ2) is 5.08. The van der Waals surface area contributed by atoms with E-state index in [0.717, 1.165) is 24.1 Å². The van der Waals surface area contributed by atoms with Crippen molar-refractivity contribution in [3.8, 4) is 0 Å². The second-order valence-electron chi connectivity index (χ2n) is 4.12. The van der Waals surface area contributed by atoms with Crippen molar-refractivity contribution in [3.05, 3.63) is 29.1 Å². The first kappa shape index (κ1) is 12.4. The molecule has 18 heavy (non-hydrogen) atoms. The van der Waals surface area contributed by atoms with Gasteiger partial charge < -0.3 is 16.3 Å². The van der Waals surface area contributed by atoms with Gasteiger partial charge in [-0.3, -0.25) is 9.78 Å². The maximum absolute atomic E-state index is 11.3. The standard InChI is InChI=1S/C11H13BN4O2/c12-4-9(17)15-8-2-1-6-3-7(11(13)16-18)5-14-10(6)8/h3,5,8,18H,1-2,4H2,(H2,13,16)(H,15,17). The number of nitrogens with one attached hydrogen (secondary N) is 1. The molecule has 0 bridgehead atoms. The average molecular weight is 244 g/mol. The largest absolute Gasteiger partial charge is 0.409 e. The summed E-state index contributed by atoms with van der Waals surface area (Å²) in [5, 5.41) is 14.3. The third kappa shape index (κ3) is 2.29. The van der Waals surface area contributed by atoms with Crippen molar-refractivity contribution in [2.24, 2.45) is 10.9 Å². The van der Waals surface area contributed by atoms with Crippen LogP contribution in [0.2, 0.25) is 6.32 Å². The van der Waals surface area contributed by atoms with Crippen LogP contribution in [0.25, 0.3) is 0 Å². The van der Waals surface area contributed by atoms with Crippen LogP contribution in [-0.4, -0.2) is 29.8 Å². The van der Waals surface area contributed by atoms with Gasteiger partial charge in [-0.15, -0.1) is 0 Å². The number of nitrogens with two attached hydrogens (primary N) is 1. The van der Waals surface area contributed by atoms with Gasteiger partial charge in [0.1, 0.15) is 0 Å². The van der Waals surface area contributed by atoms with E-state index in [1.807, 2.05) is 6.07 Å². The summed E-state index contributed by atoms with van der Waals surface area (Å²) in [7, 11) is 5.26. The molecule has 0 aliphatic heterocycles. The fourth-order valence-corrected chi connectivity index (χ4v) is 2.06. The zero-order valence-electron chi connectivity index (χ0n) is 9.76. The van der Waals surface area contributed by atoms with E-state index in [2.05, 4.69) is 15.5 Å². The Labute approximate surface area is 106 Å². The van der Waals surface area contributed by atoms with Gasteiger partial charge in [0.15, 0.2) is 5.84 Å². The molecule has 0 saturated heterocycles. The fourth-order valence-electron chi connectivity index (χ4n) is 2.06. The Kier molecular flexibility index (Phi) is 3.50. The number of hydrogen-bond donors (Lipinski definition) is 3. The Hall–Kier alpha value is -2.05.